The van der Waals surface area contributed by atoms with Gasteiger partial charge < -0.3 is 15.4 Å². The summed E-state index contributed by atoms with van der Waals surface area (Å²) in [6.07, 6.45) is 0. The molecule has 7 nitrogen and oxygen atoms in total. The highest BCUT2D eigenvalue weighted by Crippen LogP contribution is 2.29. The third kappa shape index (κ3) is 2.59. The third-order valence-corrected chi connectivity index (χ3v) is 2.61. The van der Waals surface area contributed by atoms with Crippen LogP contribution in [0.3, 0.4) is 0 Å². The van der Waals surface area contributed by atoms with Gasteiger partial charge in [0.1, 0.15) is 5.75 Å². The Kier molecular flexibility index (Phi) is 3.66. The van der Waals surface area contributed by atoms with Gasteiger partial charge >= 0.3 is 0 Å². The zero-order valence-electron chi connectivity index (χ0n) is 11.5. The molecule has 2 rings (SSSR count). The molecule has 0 aliphatic carbocycles. The standard InChI is InChI=1S/C13H14N6O/c1-19(2)13-17-11(16-12(15)18-13)9-6-8(7-14)4-5-10(9)20-3/h4-6H,1-3H3,(H2,15,16,17,18). The molecular formula is C13H14N6O. The number of nitrogens with two attached hydrogens (primary N) is 1. The lowest BCUT2D eigenvalue weighted by Crippen LogP contribution is -2.15. The lowest BCUT2D eigenvalue weighted by molar-refractivity contribution is 0.416. The number of nitrogens with zero attached hydrogens (tertiary/aromatic N) is 5. The second-order valence-electron chi connectivity index (χ2n) is 4.24. The predicted molar refractivity (Wildman–Crippen MR) is 75.3 cm³/mol. The van der Waals surface area contributed by atoms with E-state index in [2.05, 4.69) is 21.0 Å². The second-order valence-corrected chi connectivity index (χ2v) is 4.24. The summed E-state index contributed by atoms with van der Waals surface area (Å²) >= 11 is 0. The molecule has 1 aromatic heterocycles. The Balaban J connectivity index is 2.64. The molecule has 0 amide bonds. The summed E-state index contributed by atoms with van der Waals surface area (Å²) in [5, 5.41) is 8.99. The molecule has 7 heteroatoms. The van der Waals surface area contributed by atoms with Gasteiger partial charge in [-0.2, -0.15) is 20.2 Å². The predicted octanol–water partition coefficient (Wildman–Crippen LogP) is 1.07. The van der Waals surface area contributed by atoms with Gasteiger partial charge in [-0.05, 0) is 18.2 Å². The molecule has 0 saturated carbocycles. The molecule has 102 valence electrons. The second kappa shape index (κ2) is 5.40. The fraction of sp³-hybridized carbons (Fsp3) is 0.231. The number of ether oxygens (including phenoxy) is 1. The van der Waals surface area contributed by atoms with Crippen LogP contribution in [0.5, 0.6) is 5.75 Å². The number of benzene rings is 1. The SMILES string of the molecule is COc1ccc(C#N)cc1-c1nc(N)nc(N(C)C)n1. The van der Waals surface area contributed by atoms with E-state index < -0.39 is 0 Å². The summed E-state index contributed by atoms with van der Waals surface area (Å²) in [4.78, 5) is 14.2. The summed E-state index contributed by atoms with van der Waals surface area (Å²) < 4.78 is 5.28. The van der Waals surface area contributed by atoms with Crippen molar-refractivity contribution in [1.29, 1.82) is 5.26 Å². The van der Waals surface area contributed by atoms with Gasteiger partial charge in [0.05, 0.1) is 24.3 Å². The molecular weight excluding hydrogens is 256 g/mol. The van der Waals surface area contributed by atoms with Crippen LogP contribution in [0.15, 0.2) is 18.2 Å². The average molecular weight is 270 g/mol. The van der Waals surface area contributed by atoms with Gasteiger partial charge in [-0.1, -0.05) is 0 Å². The van der Waals surface area contributed by atoms with Crippen molar-refractivity contribution in [2.45, 2.75) is 0 Å². The van der Waals surface area contributed by atoms with Crippen molar-refractivity contribution < 1.29 is 4.74 Å². The first-order chi connectivity index (χ1) is 9.55. The summed E-state index contributed by atoms with van der Waals surface area (Å²) in [5.41, 5.74) is 6.79. The van der Waals surface area contributed by atoms with E-state index in [0.29, 0.717) is 28.6 Å². The molecule has 20 heavy (non-hydrogen) atoms. The maximum atomic E-state index is 8.99. The third-order valence-electron chi connectivity index (χ3n) is 2.61. The Morgan fingerprint density at radius 3 is 2.60 bits per heavy atom. The molecule has 1 aromatic carbocycles. The Morgan fingerprint density at radius 1 is 1.25 bits per heavy atom. The molecule has 0 aliphatic heterocycles. The van der Waals surface area contributed by atoms with Crippen LogP contribution >= 0.6 is 0 Å². The number of rotatable bonds is 3. The van der Waals surface area contributed by atoms with Crippen LogP contribution in [-0.4, -0.2) is 36.2 Å². The van der Waals surface area contributed by atoms with E-state index in [1.54, 1.807) is 30.2 Å². The Morgan fingerprint density at radius 2 is 2.00 bits per heavy atom. The molecule has 2 N–H and O–H groups in total. The van der Waals surface area contributed by atoms with E-state index in [1.807, 2.05) is 14.1 Å². The van der Waals surface area contributed by atoms with Crippen molar-refractivity contribution in [3.8, 4) is 23.2 Å². The Bertz CT molecular complexity index is 677. The van der Waals surface area contributed by atoms with Gasteiger partial charge in [0, 0.05) is 14.1 Å². The highest BCUT2D eigenvalue weighted by Gasteiger charge is 2.13. The van der Waals surface area contributed by atoms with E-state index in [1.165, 1.54) is 0 Å². The van der Waals surface area contributed by atoms with Crippen molar-refractivity contribution in [2.75, 3.05) is 31.8 Å². The molecule has 0 saturated heterocycles. The molecule has 0 aliphatic rings. The first-order valence-corrected chi connectivity index (χ1v) is 5.82. The van der Waals surface area contributed by atoms with Gasteiger partial charge in [-0.15, -0.1) is 0 Å². The maximum absolute atomic E-state index is 8.99. The number of methoxy groups -OCH3 is 1. The highest BCUT2D eigenvalue weighted by atomic mass is 16.5. The minimum Gasteiger partial charge on any atom is -0.496 e. The smallest absolute Gasteiger partial charge is 0.230 e. The Hall–Kier alpha value is -2.88. The minimum absolute atomic E-state index is 0.114. The van der Waals surface area contributed by atoms with Crippen LogP contribution < -0.4 is 15.4 Å². The summed E-state index contributed by atoms with van der Waals surface area (Å²) in [6.45, 7) is 0. The van der Waals surface area contributed by atoms with E-state index in [9.17, 15) is 0 Å². The van der Waals surface area contributed by atoms with Crippen molar-refractivity contribution in [3.63, 3.8) is 0 Å². The molecule has 0 bridgehead atoms. The molecule has 0 fully saturated rings. The highest BCUT2D eigenvalue weighted by molar-refractivity contribution is 5.67. The van der Waals surface area contributed by atoms with Crippen LogP contribution in [-0.2, 0) is 0 Å². The van der Waals surface area contributed by atoms with Crippen molar-refractivity contribution in [1.82, 2.24) is 15.0 Å². The van der Waals surface area contributed by atoms with Gasteiger partial charge in [-0.25, -0.2) is 0 Å². The monoisotopic (exact) mass is 270 g/mol. The van der Waals surface area contributed by atoms with Gasteiger partial charge in [0.25, 0.3) is 0 Å². The molecule has 1 heterocycles. The van der Waals surface area contributed by atoms with Gasteiger partial charge in [0.2, 0.25) is 11.9 Å². The lowest BCUT2D eigenvalue weighted by atomic mass is 10.1. The van der Waals surface area contributed by atoms with E-state index >= 15 is 0 Å². The van der Waals surface area contributed by atoms with Crippen molar-refractivity contribution >= 4 is 11.9 Å². The average Bonchev–Trinajstić information content (AvgIpc) is 2.45. The molecule has 2 aromatic rings. The van der Waals surface area contributed by atoms with Crippen LogP contribution in [0.4, 0.5) is 11.9 Å². The van der Waals surface area contributed by atoms with Crippen LogP contribution in [0, 0.1) is 11.3 Å². The van der Waals surface area contributed by atoms with Crippen LogP contribution in [0.2, 0.25) is 0 Å². The fourth-order valence-electron chi connectivity index (χ4n) is 1.65. The van der Waals surface area contributed by atoms with E-state index in [0.717, 1.165) is 0 Å². The van der Waals surface area contributed by atoms with Gasteiger partial charge in [0.15, 0.2) is 5.82 Å². The van der Waals surface area contributed by atoms with Crippen LogP contribution in [0.25, 0.3) is 11.4 Å². The quantitative estimate of drug-likeness (QED) is 0.889. The molecule has 0 atom stereocenters. The first-order valence-electron chi connectivity index (χ1n) is 5.82. The summed E-state index contributed by atoms with van der Waals surface area (Å²) in [7, 11) is 5.16. The minimum atomic E-state index is 0.114. The number of hydrogen-bond donors (Lipinski definition) is 1. The number of nitriles is 1. The first kappa shape index (κ1) is 13.5. The van der Waals surface area contributed by atoms with Crippen molar-refractivity contribution in [3.05, 3.63) is 23.8 Å². The number of nitrogen functional groups attached to an aromatic ring is 1. The van der Waals surface area contributed by atoms with Gasteiger partial charge in [-0.3, -0.25) is 0 Å². The topological polar surface area (TPSA) is 101 Å². The fourth-order valence-corrected chi connectivity index (χ4v) is 1.65. The lowest BCUT2D eigenvalue weighted by Gasteiger charge is -2.13. The largest absolute Gasteiger partial charge is 0.496 e. The van der Waals surface area contributed by atoms with E-state index in [4.69, 9.17) is 15.7 Å². The maximum Gasteiger partial charge on any atom is 0.230 e. The van der Waals surface area contributed by atoms with Crippen LogP contribution in [0.1, 0.15) is 5.56 Å². The molecule has 0 unspecified atom stereocenters. The summed E-state index contributed by atoms with van der Waals surface area (Å²) in [6, 6.07) is 7.10. The number of aromatic nitrogens is 3. The Labute approximate surface area is 116 Å². The summed E-state index contributed by atoms with van der Waals surface area (Å²) in [5.74, 6) is 1.49. The zero-order chi connectivity index (χ0) is 14.7. The number of hydrogen-bond acceptors (Lipinski definition) is 7. The molecule has 0 radical (unpaired) electrons. The van der Waals surface area contributed by atoms with E-state index in [-0.39, 0.29) is 5.95 Å². The normalized spacial score (nSPS) is 9.90. The zero-order valence-corrected chi connectivity index (χ0v) is 11.5. The number of anilines is 2. The molecule has 0 spiro atoms. The van der Waals surface area contributed by atoms with Crippen molar-refractivity contribution in [2.24, 2.45) is 0 Å².